The predicted molar refractivity (Wildman–Crippen MR) is 58.3 cm³/mol. The van der Waals surface area contributed by atoms with Crippen LogP contribution in [-0.2, 0) is 9.53 Å². The van der Waals surface area contributed by atoms with E-state index in [0.717, 1.165) is 4.68 Å². The monoisotopic (exact) mass is 255 g/mol. The van der Waals surface area contributed by atoms with Gasteiger partial charge in [-0.05, 0) is 6.92 Å². The molecule has 1 amide bonds. The zero-order valence-electron chi connectivity index (χ0n) is 9.70. The van der Waals surface area contributed by atoms with Crippen LogP contribution in [0.25, 0.3) is 0 Å². The first-order chi connectivity index (χ1) is 8.49. The third kappa shape index (κ3) is 2.28. The van der Waals surface area contributed by atoms with E-state index in [-0.39, 0.29) is 17.5 Å². The van der Waals surface area contributed by atoms with E-state index < -0.39 is 17.9 Å². The molecule has 1 aromatic rings. The van der Waals surface area contributed by atoms with Crippen molar-refractivity contribution in [2.45, 2.75) is 19.1 Å². The summed E-state index contributed by atoms with van der Waals surface area (Å²) in [6.45, 7) is 2.27. The fraction of sp³-hybridized carbons (Fsp3) is 0.500. The Morgan fingerprint density at radius 1 is 1.67 bits per heavy atom. The van der Waals surface area contributed by atoms with Gasteiger partial charge in [-0.15, -0.1) is 5.10 Å². The van der Waals surface area contributed by atoms with Crippen molar-refractivity contribution in [3.05, 3.63) is 11.8 Å². The third-order valence-electron chi connectivity index (χ3n) is 2.60. The van der Waals surface area contributed by atoms with E-state index in [1.165, 1.54) is 13.1 Å². The van der Waals surface area contributed by atoms with Crippen LogP contribution >= 0.6 is 0 Å². The molecule has 1 saturated heterocycles. The van der Waals surface area contributed by atoms with Crippen LogP contribution in [0.4, 0.5) is 0 Å². The summed E-state index contributed by atoms with van der Waals surface area (Å²) in [6.07, 6.45) is 1.10. The SMILES string of the molecule is CC(C(=O)O)n1cc(C(N)=O)c(OC2COC2)n1. The van der Waals surface area contributed by atoms with Crippen LogP contribution in [0.2, 0.25) is 0 Å². The minimum absolute atomic E-state index is 0.0453. The highest BCUT2D eigenvalue weighted by atomic mass is 16.6. The highest BCUT2D eigenvalue weighted by Crippen LogP contribution is 2.21. The molecule has 0 spiro atoms. The summed E-state index contributed by atoms with van der Waals surface area (Å²) >= 11 is 0. The quantitative estimate of drug-likeness (QED) is 0.726. The Hall–Kier alpha value is -2.09. The van der Waals surface area contributed by atoms with E-state index in [2.05, 4.69) is 5.10 Å². The van der Waals surface area contributed by atoms with Gasteiger partial charge in [-0.2, -0.15) is 0 Å². The fourth-order valence-electron chi connectivity index (χ4n) is 1.38. The number of carbonyl (C=O) groups excluding carboxylic acids is 1. The number of carboxylic acid groups (broad SMARTS) is 1. The molecule has 1 fully saturated rings. The average molecular weight is 255 g/mol. The van der Waals surface area contributed by atoms with Crippen LogP contribution in [0, 0.1) is 0 Å². The molecule has 2 heterocycles. The van der Waals surface area contributed by atoms with Gasteiger partial charge in [0.25, 0.3) is 5.91 Å². The summed E-state index contributed by atoms with van der Waals surface area (Å²) in [7, 11) is 0. The maximum absolute atomic E-state index is 11.2. The first kappa shape index (κ1) is 12.4. The Balaban J connectivity index is 2.25. The van der Waals surface area contributed by atoms with Crippen molar-refractivity contribution in [3.8, 4) is 5.88 Å². The molecule has 2 rings (SSSR count). The first-order valence-corrected chi connectivity index (χ1v) is 5.35. The van der Waals surface area contributed by atoms with E-state index in [0.29, 0.717) is 13.2 Å². The van der Waals surface area contributed by atoms with Crippen LogP contribution in [0.3, 0.4) is 0 Å². The number of amides is 1. The summed E-state index contributed by atoms with van der Waals surface area (Å²) in [5.41, 5.74) is 5.25. The van der Waals surface area contributed by atoms with Crippen LogP contribution in [0.15, 0.2) is 6.20 Å². The van der Waals surface area contributed by atoms with Crippen LogP contribution in [0.5, 0.6) is 5.88 Å². The van der Waals surface area contributed by atoms with Crippen LogP contribution in [-0.4, -0.2) is 46.1 Å². The Morgan fingerprint density at radius 2 is 2.33 bits per heavy atom. The van der Waals surface area contributed by atoms with Gasteiger partial charge in [0.2, 0.25) is 5.88 Å². The van der Waals surface area contributed by atoms with Gasteiger partial charge in [0, 0.05) is 6.20 Å². The maximum Gasteiger partial charge on any atom is 0.328 e. The molecule has 0 saturated carbocycles. The third-order valence-corrected chi connectivity index (χ3v) is 2.60. The Kier molecular flexibility index (Phi) is 3.19. The zero-order chi connectivity index (χ0) is 13.3. The second kappa shape index (κ2) is 4.65. The average Bonchev–Trinajstić information content (AvgIpc) is 2.66. The van der Waals surface area contributed by atoms with Gasteiger partial charge < -0.3 is 20.3 Å². The van der Waals surface area contributed by atoms with E-state index in [1.54, 1.807) is 0 Å². The van der Waals surface area contributed by atoms with Gasteiger partial charge in [-0.3, -0.25) is 9.48 Å². The second-order valence-corrected chi connectivity index (χ2v) is 3.98. The number of hydrogen-bond donors (Lipinski definition) is 2. The molecular weight excluding hydrogens is 242 g/mol. The predicted octanol–water partition coefficient (Wildman–Crippen LogP) is -0.595. The number of rotatable bonds is 5. The molecule has 3 N–H and O–H groups in total. The molecular formula is C10H13N3O5. The normalized spacial score (nSPS) is 16.9. The molecule has 1 unspecified atom stereocenters. The Morgan fingerprint density at radius 3 is 2.78 bits per heavy atom. The molecule has 8 heteroatoms. The molecule has 0 aromatic carbocycles. The highest BCUT2D eigenvalue weighted by molar-refractivity contribution is 5.95. The molecule has 98 valence electrons. The van der Waals surface area contributed by atoms with E-state index in [4.69, 9.17) is 20.3 Å². The lowest BCUT2D eigenvalue weighted by atomic mass is 10.3. The highest BCUT2D eigenvalue weighted by Gasteiger charge is 2.26. The second-order valence-electron chi connectivity index (χ2n) is 3.98. The number of hydrogen-bond acceptors (Lipinski definition) is 5. The van der Waals surface area contributed by atoms with Crippen molar-refractivity contribution in [1.29, 1.82) is 0 Å². The fourth-order valence-corrected chi connectivity index (χ4v) is 1.38. The first-order valence-electron chi connectivity index (χ1n) is 5.35. The van der Waals surface area contributed by atoms with Gasteiger partial charge in [0.05, 0.1) is 13.2 Å². The molecule has 0 bridgehead atoms. The Bertz CT molecular complexity index is 480. The largest absolute Gasteiger partial charge is 0.480 e. The summed E-state index contributed by atoms with van der Waals surface area (Å²) in [6, 6.07) is -0.905. The van der Waals surface area contributed by atoms with Gasteiger partial charge in [0.15, 0.2) is 0 Å². The topological polar surface area (TPSA) is 117 Å². The van der Waals surface area contributed by atoms with Crippen LogP contribution in [0.1, 0.15) is 23.3 Å². The van der Waals surface area contributed by atoms with Gasteiger partial charge in [-0.1, -0.05) is 0 Å². The summed E-state index contributed by atoms with van der Waals surface area (Å²) in [4.78, 5) is 22.1. The lowest BCUT2D eigenvalue weighted by Crippen LogP contribution is -2.39. The van der Waals surface area contributed by atoms with Crippen LogP contribution < -0.4 is 10.5 Å². The minimum Gasteiger partial charge on any atom is -0.480 e. The van der Waals surface area contributed by atoms with E-state index in [9.17, 15) is 9.59 Å². The van der Waals surface area contributed by atoms with Crippen molar-refractivity contribution in [2.24, 2.45) is 5.73 Å². The van der Waals surface area contributed by atoms with E-state index in [1.807, 2.05) is 0 Å². The van der Waals surface area contributed by atoms with Gasteiger partial charge in [-0.25, -0.2) is 4.79 Å². The molecule has 0 radical (unpaired) electrons. The zero-order valence-corrected chi connectivity index (χ0v) is 9.70. The van der Waals surface area contributed by atoms with Gasteiger partial charge >= 0.3 is 5.97 Å². The van der Waals surface area contributed by atoms with Gasteiger partial charge in [0.1, 0.15) is 17.7 Å². The number of carboxylic acids is 1. The molecule has 1 aromatic heterocycles. The molecule has 1 atom stereocenters. The summed E-state index contributed by atoms with van der Waals surface area (Å²) in [5, 5.41) is 12.8. The number of ether oxygens (including phenoxy) is 2. The molecule has 8 nitrogen and oxygen atoms in total. The van der Waals surface area contributed by atoms with Crippen molar-refractivity contribution in [2.75, 3.05) is 13.2 Å². The van der Waals surface area contributed by atoms with Crippen molar-refractivity contribution in [3.63, 3.8) is 0 Å². The minimum atomic E-state index is -1.06. The smallest absolute Gasteiger partial charge is 0.328 e. The number of nitrogens with two attached hydrogens (primary N) is 1. The number of aliphatic carboxylic acids is 1. The Labute approximate surface area is 102 Å². The number of aromatic nitrogens is 2. The summed E-state index contributed by atoms with van der Waals surface area (Å²) < 4.78 is 11.5. The number of nitrogens with zero attached hydrogens (tertiary/aromatic N) is 2. The molecule has 18 heavy (non-hydrogen) atoms. The summed E-state index contributed by atoms with van der Waals surface area (Å²) in [5.74, 6) is -1.73. The maximum atomic E-state index is 11.2. The molecule has 1 aliphatic heterocycles. The standard InChI is InChI=1S/C10H13N3O5/c1-5(10(15)16)13-2-7(8(11)14)9(12-13)18-6-3-17-4-6/h2,5-6H,3-4H2,1H3,(H2,11,14)(H,15,16). The molecule has 1 aliphatic rings. The van der Waals surface area contributed by atoms with E-state index >= 15 is 0 Å². The van der Waals surface area contributed by atoms with Crippen molar-refractivity contribution in [1.82, 2.24) is 9.78 Å². The molecule has 0 aliphatic carbocycles. The lowest BCUT2D eigenvalue weighted by Gasteiger charge is -2.25. The van der Waals surface area contributed by atoms with Crippen molar-refractivity contribution >= 4 is 11.9 Å². The number of primary amides is 1. The number of carbonyl (C=O) groups is 2. The lowest BCUT2D eigenvalue weighted by molar-refractivity contribution is -0.140. The van der Waals surface area contributed by atoms with Crippen molar-refractivity contribution < 1.29 is 24.2 Å².